The Morgan fingerprint density at radius 2 is 1.76 bits per heavy atom. The van der Waals surface area contributed by atoms with Crippen molar-refractivity contribution in [1.29, 1.82) is 0 Å². The summed E-state index contributed by atoms with van der Waals surface area (Å²) in [6.07, 6.45) is 0.949. The number of Topliss-reactive ketones (excluding diaryl/α,β-unsaturated/α-hetero) is 1. The molecule has 17 heavy (non-hydrogen) atoms. The molecule has 0 heterocycles. The van der Waals surface area contributed by atoms with E-state index in [0.29, 0.717) is 5.56 Å². The molecule has 0 radical (unpaired) electrons. The normalized spacial score (nSPS) is 20.8. The van der Waals surface area contributed by atoms with Crippen molar-refractivity contribution in [3.05, 3.63) is 29.8 Å². The number of ketones is 1. The number of hydrogen-bond donors (Lipinski definition) is 1. The standard InChI is InChI=1S/C14H17NO2/c1-9(16)10-4-6-11(7-5-10)15-13(17)12-8-14(12,2)3/h4-7,12H,8H2,1-3H3,(H,15,17). The van der Waals surface area contributed by atoms with E-state index in [0.717, 1.165) is 12.1 Å². The van der Waals surface area contributed by atoms with Crippen LogP contribution in [-0.4, -0.2) is 11.7 Å². The third-order valence-electron chi connectivity index (χ3n) is 3.39. The van der Waals surface area contributed by atoms with E-state index in [9.17, 15) is 9.59 Å². The summed E-state index contributed by atoms with van der Waals surface area (Å²) in [5, 5.41) is 2.88. The smallest absolute Gasteiger partial charge is 0.228 e. The van der Waals surface area contributed by atoms with Crippen LogP contribution in [0.5, 0.6) is 0 Å². The maximum absolute atomic E-state index is 11.8. The molecule has 0 saturated heterocycles. The summed E-state index contributed by atoms with van der Waals surface area (Å²) in [5.74, 6) is 0.228. The topological polar surface area (TPSA) is 46.2 Å². The number of nitrogens with one attached hydrogen (secondary N) is 1. The number of benzene rings is 1. The molecular weight excluding hydrogens is 214 g/mol. The summed E-state index contributed by atoms with van der Waals surface area (Å²) in [5.41, 5.74) is 1.56. The van der Waals surface area contributed by atoms with Gasteiger partial charge in [-0.2, -0.15) is 0 Å². The first-order chi connectivity index (χ1) is 7.90. The first-order valence-electron chi connectivity index (χ1n) is 5.82. The van der Waals surface area contributed by atoms with E-state index in [2.05, 4.69) is 19.2 Å². The van der Waals surface area contributed by atoms with Crippen LogP contribution in [0.25, 0.3) is 0 Å². The highest BCUT2D eigenvalue weighted by Crippen LogP contribution is 2.51. The van der Waals surface area contributed by atoms with E-state index in [1.807, 2.05) is 0 Å². The van der Waals surface area contributed by atoms with Gasteiger partial charge in [0.2, 0.25) is 5.91 Å². The van der Waals surface area contributed by atoms with Crippen molar-refractivity contribution in [3.63, 3.8) is 0 Å². The van der Waals surface area contributed by atoms with Crippen LogP contribution in [0.15, 0.2) is 24.3 Å². The van der Waals surface area contributed by atoms with Gasteiger partial charge in [0.15, 0.2) is 5.78 Å². The van der Waals surface area contributed by atoms with Crippen LogP contribution >= 0.6 is 0 Å². The van der Waals surface area contributed by atoms with E-state index < -0.39 is 0 Å². The Morgan fingerprint density at radius 1 is 1.24 bits per heavy atom. The van der Waals surface area contributed by atoms with Crippen molar-refractivity contribution in [2.45, 2.75) is 27.2 Å². The van der Waals surface area contributed by atoms with Crippen LogP contribution in [0, 0.1) is 11.3 Å². The molecule has 0 bridgehead atoms. The first kappa shape index (κ1) is 11.8. The van der Waals surface area contributed by atoms with E-state index in [4.69, 9.17) is 0 Å². The Balaban J connectivity index is 2.00. The minimum atomic E-state index is 0.0335. The maximum Gasteiger partial charge on any atom is 0.228 e. The molecule has 1 amide bonds. The zero-order valence-corrected chi connectivity index (χ0v) is 10.4. The quantitative estimate of drug-likeness (QED) is 0.813. The van der Waals surface area contributed by atoms with Crippen LogP contribution in [0.2, 0.25) is 0 Å². The largest absolute Gasteiger partial charge is 0.326 e. The SMILES string of the molecule is CC(=O)c1ccc(NC(=O)C2CC2(C)C)cc1. The number of hydrogen-bond acceptors (Lipinski definition) is 2. The molecule has 1 aliphatic rings. The van der Waals surface area contributed by atoms with Gasteiger partial charge in [0, 0.05) is 17.2 Å². The van der Waals surface area contributed by atoms with Gasteiger partial charge in [0.25, 0.3) is 0 Å². The fourth-order valence-corrected chi connectivity index (χ4v) is 1.93. The second kappa shape index (κ2) is 3.99. The average Bonchev–Trinajstić information content (AvgIpc) is 2.89. The molecule has 1 unspecified atom stereocenters. The molecule has 1 atom stereocenters. The first-order valence-corrected chi connectivity index (χ1v) is 5.82. The van der Waals surface area contributed by atoms with Gasteiger partial charge in [0.05, 0.1) is 0 Å². The van der Waals surface area contributed by atoms with Crippen molar-refractivity contribution < 1.29 is 9.59 Å². The van der Waals surface area contributed by atoms with Gasteiger partial charge in [-0.05, 0) is 43.0 Å². The van der Waals surface area contributed by atoms with Gasteiger partial charge in [-0.3, -0.25) is 9.59 Å². The minimum Gasteiger partial charge on any atom is -0.326 e. The highest BCUT2D eigenvalue weighted by Gasteiger charge is 2.50. The van der Waals surface area contributed by atoms with Gasteiger partial charge in [-0.25, -0.2) is 0 Å². The van der Waals surface area contributed by atoms with Crippen LogP contribution in [0.4, 0.5) is 5.69 Å². The summed E-state index contributed by atoms with van der Waals surface area (Å²) in [6.45, 7) is 5.71. The zero-order valence-electron chi connectivity index (χ0n) is 10.4. The van der Waals surface area contributed by atoms with Gasteiger partial charge in [0.1, 0.15) is 0 Å². The average molecular weight is 231 g/mol. The van der Waals surface area contributed by atoms with E-state index in [1.165, 1.54) is 6.92 Å². The lowest BCUT2D eigenvalue weighted by molar-refractivity contribution is -0.118. The van der Waals surface area contributed by atoms with Crippen molar-refractivity contribution in [1.82, 2.24) is 0 Å². The number of carbonyl (C=O) groups is 2. The van der Waals surface area contributed by atoms with Gasteiger partial charge < -0.3 is 5.32 Å². The summed E-state index contributed by atoms with van der Waals surface area (Å²) in [6, 6.07) is 7.00. The lowest BCUT2D eigenvalue weighted by atomic mass is 10.1. The predicted octanol–water partition coefficient (Wildman–Crippen LogP) is 2.87. The molecule has 0 aliphatic heterocycles. The van der Waals surface area contributed by atoms with Crippen LogP contribution in [0.1, 0.15) is 37.6 Å². The molecule has 90 valence electrons. The molecule has 1 aromatic carbocycles. The number of carbonyl (C=O) groups excluding carboxylic acids is 2. The molecule has 2 rings (SSSR count). The van der Waals surface area contributed by atoms with Crippen molar-refractivity contribution >= 4 is 17.4 Å². The molecule has 1 N–H and O–H groups in total. The Morgan fingerprint density at radius 3 is 2.18 bits per heavy atom. The number of rotatable bonds is 3. The Kier molecular flexibility index (Phi) is 2.77. The fourth-order valence-electron chi connectivity index (χ4n) is 1.93. The second-order valence-corrected chi connectivity index (χ2v) is 5.37. The van der Waals surface area contributed by atoms with Crippen molar-refractivity contribution in [2.24, 2.45) is 11.3 Å². The summed E-state index contributed by atoms with van der Waals surface area (Å²) >= 11 is 0. The molecule has 3 heteroatoms. The summed E-state index contributed by atoms with van der Waals surface area (Å²) in [7, 11) is 0. The molecule has 1 aromatic rings. The highest BCUT2D eigenvalue weighted by atomic mass is 16.2. The van der Waals surface area contributed by atoms with Crippen molar-refractivity contribution in [2.75, 3.05) is 5.32 Å². The molecule has 1 saturated carbocycles. The van der Waals surface area contributed by atoms with Crippen LogP contribution in [-0.2, 0) is 4.79 Å². The molecular formula is C14H17NO2. The molecule has 0 spiro atoms. The molecule has 0 aromatic heterocycles. The third kappa shape index (κ3) is 2.54. The van der Waals surface area contributed by atoms with Crippen LogP contribution in [0.3, 0.4) is 0 Å². The number of amides is 1. The Bertz CT molecular complexity index is 460. The van der Waals surface area contributed by atoms with Crippen LogP contribution < -0.4 is 5.32 Å². The Hall–Kier alpha value is -1.64. The lowest BCUT2D eigenvalue weighted by Crippen LogP contribution is -2.16. The van der Waals surface area contributed by atoms with E-state index in [-0.39, 0.29) is 23.0 Å². The van der Waals surface area contributed by atoms with Gasteiger partial charge in [-0.15, -0.1) is 0 Å². The maximum atomic E-state index is 11.8. The third-order valence-corrected chi connectivity index (χ3v) is 3.39. The Labute approximate surface area is 101 Å². The lowest BCUT2D eigenvalue weighted by Gasteiger charge is -2.06. The number of anilines is 1. The minimum absolute atomic E-state index is 0.0335. The van der Waals surface area contributed by atoms with E-state index in [1.54, 1.807) is 24.3 Å². The molecule has 1 fully saturated rings. The van der Waals surface area contributed by atoms with Crippen molar-refractivity contribution in [3.8, 4) is 0 Å². The summed E-state index contributed by atoms with van der Waals surface area (Å²) in [4.78, 5) is 22.9. The summed E-state index contributed by atoms with van der Waals surface area (Å²) < 4.78 is 0. The monoisotopic (exact) mass is 231 g/mol. The second-order valence-electron chi connectivity index (χ2n) is 5.37. The zero-order chi connectivity index (χ0) is 12.6. The van der Waals surface area contributed by atoms with Gasteiger partial charge in [-0.1, -0.05) is 13.8 Å². The van der Waals surface area contributed by atoms with E-state index >= 15 is 0 Å². The molecule has 3 nitrogen and oxygen atoms in total. The fraction of sp³-hybridized carbons (Fsp3) is 0.429. The van der Waals surface area contributed by atoms with Gasteiger partial charge >= 0.3 is 0 Å². The molecule has 1 aliphatic carbocycles. The predicted molar refractivity (Wildman–Crippen MR) is 67.0 cm³/mol. The highest BCUT2D eigenvalue weighted by molar-refractivity contribution is 5.97.